The number of aromatic hydroxyl groups is 1. The van der Waals surface area contributed by atoms with E-state index >= 15 is 0 Å². The first kappa shape index (κ1) is 17.9. The Labute approximate surface area is 142 Å². The highest BCUT2D eigenvalue weighted by atomic mass is 35.5. The average Bonchev–Trinajstić information content (AvgIpc) is 2.45. The number of halogens is 1. The van der Waals surface area contributed by atoms with E-state index in [-0.39, 0.29) is 11.8 Å². The molecule has 2 rings (SSSR count). The number of hydrogen-bond donors (Lipinski definition) is 2. The maximum absolute atomic E-state index is 12.0. The summed E-state index contributed by atoms with van der Waals surface area (Å²) < 4.78 is 5.39. The van der Waals surface area contributed by atoms with Crippen LogP contribution in [0, 0.1) is 0 Å². The van der Waals surface area contributed by atoms with Crippen molar-refractivity contribution in [2.24, 2.45) is 0 Å². The number of piperidine rings is 1. The third kappa shape index (κ3) is 5.59. The minimum atomic E-state index is -0.460. The van der Waals surface area contributed by atoms with E-state index in [1.807, 2.05) is 26.8 Å². The predicted molar refractivity (Wildman–Crippen MR) is 90.8 cm³/mol. The molecule has 0 bridgehead atoms. The molecule has 1 aromatic carbocycles. The van der Waals surface area contributed by atoms with E-state index in [0.717, 1.165) is 18.4 Å². The lowest BCUT2D eigenvalue weighted by Crippen LogP contribution is -2.46. The molecule has 1 fully saturated rings. The van der Waals surface area contributed by atoms with Gasteiger partial charge in [0.2, 0.25) is 0 Å². The van der Waals surface area contributed by atoms with Gasteiger partial charge in [-0.25, -0.2) is 4.79 Å². The van der Waals surface area contributed by atoms with Crippen LogP contribution in [-0.4, -0.2) is 40.8 Å². The van der Waals surface area contributed by atoms with Crippen molar-refractivity contribution in [2.75, 3.05) is 13.1 Å². The van der Waals surface area contributed by atoms with Crippen LogP contribution in [0.4, 0.5) is 4.79 Å². The third-order valence-electron chi connectivity index (χ3n) is 3.78. The van der Waals surface area contributed by atoms with Crippen LogP contribution in [0.25, 0.3) is 0 Å². The summed E-state index contributed by atoms with van der Waals surface area (Å²) >= 11 is 5.83. The molecule has 0 aromatic heterocycles. The van der Waals surface area contributed by atoms with Crippen molar-refractivity contribution < 1.29 is 14.6 Å². The van der Waals surface area contributed by atoms with E-state index in [4.69, 9.17) is 16.3 Å². The van der Waals surface area contributed by atoms with E-state index in [9.17, 15) is 9.90 Å². The predicted octanol–water partition coefficient (Wildman–Crippen LogP) is 3.53. The summed E-state index contributed by atoms with van der Waals surface area (Å²) in [5, 5.41) is 13.8. The largest absolute Gasteiger partial charge is 0.508 e. The highest BCUT2D eigenvalue weighted by Gasteiger charge is 2.26. The molecule has 0 radical (unpaired) electrons. The van der Waals surface area contributed by atoms with Gasteiger partial charge >= 0.3 is 6.09 Å². The van der Waals surface area contributed by atoms with Crippen LogP contribution in [0.15, 0.2) is 18.2 Å². The van der Waals surface area contributed by atoms with Gasteiger partial charge in [-0.1, -0.05) is 17.7 Å². The van der Waals surface area contributed by atoms with E-state index in [2.05, 4.69) is 5.32 Å². The highest BCUT2D eigenvalue weighted by molar-refractivity contribution is 6.30. The van der Waals surface area contributed by atoms with Crippen molar-refractivity contribution in [3.8, 4) is 5.75 Å². The van der Waals surface area contributed by atoms with Gasteiger partial charge in [0.1, 0.15) is 11.4 Å². The molecule has 128 valence electrons. The first-order valence-corrected chi connectivity index (χ1v) is 8.31. The van der Waals surface area contributed by atoms with Gasteiger partial charge in [0, 0.05) is 36.3 Å². The molecule has 1 aliphatic heterocycles. The minimum absolute atomic E-state index is 0.205. The zero-order chi connectivity index (χ0) is 17.0. The number of likely N-dealkylation sites (tertiary alicyclic amines) is 1. The summed E-state index contributed by atoms with van der Waals surface area (Å²) in [7, 11) is 0. The van der Waals surface area contributed by atoms with Gasteiger partial charge in [0.15, 0.2) is 0 Å². The van der Waals surface area contributed by atoms with Crippen molar-refractivity contribution in [2.45, 2.75) is 51.8 Å². The van der Waals surface area contributed by atoms with Gasteiger partial charge in [0.25, 0.3) is 0 Å². The molecule has 6 heteroatoms. The number of nitrogens with zero attached hydrogens (tertiary/aromatic N) is 1. The SMILES string of the molecule is CC(C)(C)OC(=O)N1CCC(NCc2ccc(Cl)cc2O)CC1. The average molecular weight is 341 g/mol. The third-order valence-corrected chi connectivity index (χ3v) is 4.01. The molecular formula is C17H25ClN2O3. The molecule has 1 aliphatic rings. The van der Waals surface area contributed by atoms with Crippen molar-refractivity contribution in [3.63, 3.8) is 0 Å². The Bertz CT molecular complexity index is 549. The van der Waals surface area contributed by atoms with Crippen LogP contribution in [0.1, 0.15) is 39.2 Å². The summed E-state index contributed by atoms with van der Waals surface area (Å²) in [6.45, 7) is 7.56. The van der Waals surface area contributed by atoms with E-state index in [1.54, 1.807) is 17.0 Å². The summed E-state index contributed by atoms with van der Waals surface area (Å²) in [6, 6.07) is 5.46. The Morgan fingerprint density at radius 3 is 2.61 bits per heavy atom. The molecule has 0 aliphatic carbocycles. The maximum atomic E-state index is 12.0. The van der Waals surface area contributed by atoms with Crippen LogP contribution in [0.5, 0.6) is 5.75 Å². The van der Waals surface area contributed by atoms with Crippen LogP contribution in [0.3, 0.4) is 0 Å². The lowest BCUT2D eigenvalue weighted by molar-refractivity contribution is 0.0198. The fourth-order valence-electron chi connectivity index (χ4n) is 2.53. The number of nitrogens with one attached hydrogen (secondary N) is 1. The zero-order valence-electron chi connectivity index (χ0n) is 13.9. The van der Waals surface area contributed by atoms with Crippen LogP contribution < -0.4 is 5.32 Å². The molecule has 0 spiro atoms. The summed E-state index contributed by atoms with van der Waals surface area (Å²) in [5.41, 5.74) is 0.363. The molecule has 1 aromatic rings. The highest BCUT2D eigenvalue weighted by Crippen LogP contribution is 2.22. The van der Waals surface area contributed by atoms with E-state index in [1.165, 1.54) is 0 Å². The van der Waals surface area contributed by atoms with Gasteiger partial charge in [-0.2, -0.15) is 0 Å². The number of ether oxygens (including phenoxy) is 1. The summed E-state index contributed by atoms with van der Waals surface area (Å²) in [4.78, 5) is 13.8. The molecular weight excluding hydrogens is 316 g/mol. The van der Waals surface area contributed by atoms with Crippen molar-refractivity contribution in [3.05, 3.63) is 28.8 Å². The number of carbonyl (C=O) groups excluding carboxylic acids is 1. The first-order valence-electron chi connectivity index (χ1n) is 7.93. The fourth-order valence-corrected chi connectivity index (χ4v) is 2.70. The summed E-state index contributed by atoms with van der Waals surface area (Å²) in [6.07, 6.45) is 1.49. The molecule has 0 atom stereocenters. The number of hydrogen-bond acceptors (Lipinski definition) is 4. The smallest absolute Gasteiger partial charge is 0.410 e. The Hall–Kier alpha value is -1.46. The molecule has 23 heavy (non-hydrogen) atoms. The second-order valence-electron chi connectivity index (χ2n) is 6.90. The zero-order valence-corrected chi connectivity index (χ0v) is 14.7. The Morgan fingerprint density at radius 2 is 2.04 bits per heavy atom. The second-order valence-corrected chi connectivity index (χ2v) is 7.33. The number of amides is 1. The number of carbonyl (C=O) groups is 1. The van der Waals surface area contributed by atoms with Crippen molar-refractivity contribution in [1.82, 2.24) is 10.2 Å². The molecule has 5 nitrogen and oxygen atoms in total. The molecule has 1 heterocycles. The van der Waals surface area contributed by atoms with E-state index < -0.39 is 5.60 Å². The van der Waals surface area contributed by atoms with Gasteiger partial charge in [0.05, 0.1) is 0 Å². The van der Waals surface area contributed by atoms with Gasteiger partial charge in [-0.05, 0) is 45.7 Å². The second kappa shape index (κ2) is 7.41. The molecule has 1 amide bonds. The first-order chi connectivity index (χ1) is 10.7. The van der Waals surface area contributed by atoms with E-state index in [0.29, 0.717) is 30.7 Å². The van der Waals surface area contributed by atoms with Crippen molar-refractivity contribution in [1.29, 1.82) is 0 Å². The van der Waals surface area contributed by atoms with Crippen LogP contribution >= 0.6 is 11.6 Å². The molecule has 2 N–H and O–H groups in total. The Morgan fingerprint density at radius 1 is 1.39 bits per heavy atom. The van der Waals surface area contributed by atoms with Gasteiger partial charge < -0.3 is 20.1 Å². The molecule has 1 saturated heterocycles. The normalized spacial score (nSPS) is 16.4. The topological polar surface area (TPSA) is 61.8 Å². The van der Waals surface area contributed by atoms with Crippen molar-refractivity contribution >= 4 is 17.7 Å². The number of benzene rings is 1. The Kier molecular flexibility index (Phi) is 5.76. The molecule has 0 saturated carbocycles. The monoisotopic (exact) mass is 340 g/mol. The van der Waals surface area contributed by atoms with Crippen LogP contribution in [0.2, 0.25) is 5.02 Å². The number of phenolic OH excluding ortho intramolecular Hbond substituents is 1. The van der Waals surface area contributed by atoms with Crippen LogP contribution in [-0.2, 0) is 11.3 Å². The maximum Gasteiger partial charge on any atom is 0.410 e. The quantitative estimate of drug-likeness (QED) is 0.883. The fraction of sp³-hybridized carbons (Fsp3) is 0.588. The lowest BCUT2D eigenvalue weighted by atomic mass is 10.0. The lowest BCUT2D eigenvalue weighted by Gasteiger charge is -2.33. The molecule has 0 unspecified atom stereocenters. The number of rotatable bonds is 3. The Balaban J connectivity index is 1.77. The van der Waals surface area contributed by atoms with Gasteiger partial charge in [-0.15, -0.1) is 0 Å². The van der Waals surface area contributed by atoms with Gasteiger partial charge in [-0.3, -0.25) is 0 Å². The number of phenols is 1. The standard InChI is InChI=1S/C17H25ClN2O3/c1-17(2,3)23-16(22)20-8-6-14(7-9-20)19-11-12-4-5-13(18)10-15(12)21/h4-5,10,14,19,21H,6-9,11H2,1-3H3. The summed E-state index contributed by atoms with van der Waals surface area (Å²) in [5.74, 6) is 0.205. The minimum Gasteiger partial charge on any atom is -0.508 e.